The summed E-state index contributed by atoms with van der Waals surface area (Å²) in [6.07, 6.45) is 2.01. The van der Waals surface area contributed by atoms with Crippen molar-refractivity contribution in [1.29, 1.82) is 0 Å². The van der Waals surface area contributed by atoms with E-state index in [-0.39, 0.29) is 11.8 Å². The summed E-state index contributed by atoms with van der Waals surface area (Å²) in [5.74, 6) is -0.244. The molecule has 5 nitrogen and oxygen atoms in total. The lowest BCUT2D eigenvalue weighted by Gasteiger charge is -2.25. The minimum atomic E-state index is -1.53. The van der Waals surface area contributed by atoms with Crippen LogP contribution in [0.25, 0.3) is 0 Å². The molecule has 3 aromatic carbocycles. The number of anilines is 1. The van der Waals surface area contributed by atoms with Crippen LogP contribution in [-0.4, -0.2) is 34.0 Å². The van der Waals surface area contributed by atoms with Crippen LogP contribution in [0.15, 0.2) is 70.5 Å². The summed E-state index contributed by atoms with van der Waals surface area (Å²) in [4.78, 5) is 31.5. The quantitative estimate of drug-likeness (QED) is 0.563. The van der Waals surface area contributed by atoms with Crippen LogP contribution in [0.3, 0.4) is 0 Å². The Bertz CT molecular complexity index is 1290. The molecular formula is C27H26N2O3S. The number of likely N-dealkylation sites (tertiary alicyclic amines) is 1. The molecule has 2 heterocycles. The number of fused-ring (bicyclic) bond motifs is 2. The third kappa shape index (κ3) is 3.89. The van der Waals surface area contributed by atoms with Gasteiger partial charge in [0.1, 0.15) is 0 Å². The number of nitrogens with zero attached hydrogens (tertiary/aromatic N) is 2. The first kappa shape index (κ1) is 21.6. The monoisotopic (exact) mass is 458 g/mol. The van der Waals surface area contributed by atoms with Gasteiger partial charge in [0.2, 0.25) is 0 Å². The molecule has 3 aromatic rings. The second-order valence-corrected chi connectivity index (χ2v) is 10.2. The molecule has 2 aliphatic heterocycles. The fourth-order valence-electron chi connectivity index (χ4n) is 4.60. The average molecular weight is 459 g/mol. The van der Waals surface area contributed by atoms with Gasteiger partial charge in [0.05, 0.1) is 38.4 Å². The average Bonchev–Trinajstić information content (AvgIpc) is 3.35. The lowest BCUT2D eigenvalue weighted by molar-refractivity contribution is 0.0792. The minimum absolute atomic E-state index is 0.0398. The van der Waals surface area contributed by atoms with Gasteiger partial charge < -0.3 is 9.80 Å². The summed E-state index contributed by atoms with van der Waals surface area (Å²) in [7, 11) is -1.53. The Morgan fingerprint density at radius 2 is 1.70 bits per heavy atom. The third-order valence-corrected chi connectivity index (χ3v) is 7.99. The van der Waals surface area contributed by atoms with Gasteiger partial charge in [-0.2, -0.15) is 0 Å². The van der Waals surface area contributed by atoms with Crippen molar-refractivity contribution in [3.05, 3.63) is 88.5 Å². The van der Waals surface area contributed by atoms with Gasteiger partial charge in [0.15, 0.2) is 0 Å². The Morgan fingerprint density at radius 1 is 0.939 bits per heavy atom. The van der Waals surface area contributed by atoms with E-state index >= 15 is 0 Å². The molecule has 5 rings (SSSR count). The first-order valence-electron chi connectivity index (χ1n) is 11.3. The predicted molar refractivity (Wildman–Crippen MR) is 129 cm³/mol. The van der Waals surface area contributed by atoms with Crippen molar-refractivity contribution >= 4 is 28.3 Å². The molecule has 0 bridgehead atoms. The maximum atomic E-state index is 13.8. The second-order valence-electron chi connectivity index (χ2n) is 8.77. The molecule has 2 aliphatic rings. The molecule has 1 unspecified atom stereocenters. The van der Waals surface area contributed by atoms with Crippen molar-refractivity contribution in [2.24, 2.45) is 0 Å². The van der Waals surface area contributed by atoms with Crippen LogP contribution in [0.5, 0.6) is 0 Å². The normalized spacial score (nSPS) is 17.5. The van der Waals surface area contributed by atoms with Crippen molar-refractivity contribution in [2.75, 3.05) is 18.0 Å². The van der Waals surface area contributed by atoms with E-state index < -0.39 is 10.8 Å². The Morgan fingerprint density at radius 3 is 2.48 bits per heavy atom. The van der Waals surface area contributed by atoms with Gasteiger partial charge >= 0.3 is 0 Å². The molecule has 168 valence electrons. The number of hydrogen-bond donors (Lipinski definition) is 0. The molecule has 0 aromatic heterocycles. The molecule has 1 saturated heterocycles. The van der Waals surface area contributed by atoms with Crippen LogP contribution in [0.4, 0.5) is 5.69 Å². The summed E-state index contributed by atoms with van der Waals surface area (Å²) in [6.45, 7) is 5.89. The highest BCUT2D eigenvalue weighted by Crippen LogP contribution is 2.36. The Labute approximate surface area is 196 Å². The first-order valence-corrected chi connectivity index (χ1v) is 12.4. The van der Waals surface area contributed by atoms with E-state index in [0.717, 1.165) is 42.6 Å². The summed E-state index contributed by atoms with van der Waals surface area (Å²) < 4.78 is 13.6. The van der Waals surface area contributed by atoms with Crippen LogP contribution < -0.4 is 4.90 Å². The highest BCUT2D eigenvalue weighted by atomic mass is 32.2. The van der Waals surface area contributed by atoms with Gasteiger partial charge in [-0.05, 0) is 68.1 Å². The maximum Gasteiger partial charge on any atom is 0.259 e. The predicted octanol–water partition coefficient (Wildman–Crippen LogP) is 4.87. The standard InChI is InChI=1S/C27H26N2O3S/c1-18-9-10-19(2)21(15-18)17-29-23-16-20(26(30)28-13-5-6-14-28)11-12-25(23)33(32)24-8-4-3-7-22(24)27(29)31/h3-4,7-12,15-16H,5-6,13-14,17H2,1-2H3. The molecule has 2 amide bonds. The van der Waals surface area contributed by atoms with E-state index in [2.05, 4.69) is 6.07 Å². The van der Waals surface area contributed by atoms with Gasteiger partial charge in [-0.1, -0.05) is 35.9 Å². The summed E-state index contributed by atoms with van der Waals surface area (Å²) in [5, 5.41) is 0. The van der Waals surface area contributed by atoms with Gasteiger partial charge in [-0.15, -0.1) is 0 Å². The number of aryl methyl sites for hydroxylation is 2. The summed E-state index contributed by atoms with van der Waals surface area (Å²) in [5.41, 5.74) is 4.72. The number of benzene rings is 3. The fraction of sp³-hybridized carbons (Fsp3) is 0.259. The van der Waals surface area contributed by atoms with Crippen molar-refractivity contribution in [2.45, 2.75) is 43.0 Å². The maximum absolute atomic E-state index is 13.8. The topological polar surface area (TPSA) is 57.7 Å². The Hall–Kier alpha value is -3.25. The SMILES string of the molecule is Cc1ccc(C)c(CN2C(=O)c3ccccc3S(=O)c3ccc(C(=O)N4CCCC4)cc32)c1. The largest absolute Gasteiger partial charge is 0.339 e. The van der Waals surface area contributed by atoms with Crippen molar-refractivity contribution < 1.29 is 13.8 Å². The zero-order valence-corrected chi connectivity index (χ0v) is 19.7. The molecule has 1 fully saturated rings. The molecule has 0 spiro atoms. The van der Waals surface area contributed by atoms with Crippen molar-refractivity contribution in [3.63, 3.8) is 0 Å². The van der Waals surface area contributed by atoms with Crippen LogP contribution >= 0.6 is 0 Å². The van der Waals surface area contributed by atoms with E-state index in [0.29, 0.717) is 33.2 Å². The molecule has 6 heteroatoms. The Balaban J connectivity index is 1.66. The van der Waals surface area contributed by atoms with Crippen molar-refractivity contribution in [1.82, 2.24) is 4.90 Å². The number of amides is 2. The van der Waals surface area contributed by atoms with Crippen molar-refractivity contribution in [3.8, 4) is 0 Å². The van der Waals surface area contributed by atoms with E-state index in [1.54, 1.807) is 47.4 Å². The van der Waals surface area contributed by atoms with Crippen LogP contribution in [0, 0.1) is 13.8 Å². The third-order valence-electron chi connectivity index (χ3n) is 6.49. The highest BCUT2D eigenvalue weighted by molar-refractivity contribution is 7.85. The summed E-state index contributed by atoms with van der Waals surface area (Å²) >= 11 is 0. The molecular weight excluding hydrogens is 432 g/mol. The molecule has 0 radical (unpaired) electrons. The first-order chi connectivity index (χ1) is 15.9. The van der Waals surface area contributed by atoms with Gasteiger partial charge in [0.25, 0.3) is 11.8 Å². The van der Waals surface area contributed by atoms with Gasteiger partial charge in [-0.25, -0.2) is 4.21 Å². The molecule has 1 atom stereocenters. The van der Waals surface area contributed by atoms with Crippen LogP contribution in [0.2, 0.25) is 0 Å². The lowest BCUT2D eigenvalue weighted by Crippen LogP contribution is -2.31. The zero-order valence-electron chi connectivity index (χ0n) is 18.8. The van der Waals surface area contributed by atoms with Gasteiger partial charge in [-0.3, -0.25) is 9.59 Å². The molecule has 0 saturated carbocycles. The molecule has 33 heavy (non-hydrogen) atoms. The van der Waals surface area contributed by atoms with E-state index in [9.17, 15) is 13.8 Å². The highest BCUT2D eigenvalue weighted by Gasteiger charge is 2.32. The Kier molecular flexibility index (Phi) is 5.62. The lowest BCUT2D eigenvalue weighted by atomic mass is 10.0. The van der Waals surface area contributed by atoms with E-state index in [1.165, 1.54) is 0 Å². The number of carbonyl (C=O) groups excluding carboxylic acids is 2. The molecule has 0 N–H and O–H groups in total. The fourth-order valence-corrected chi connectivity index (χ4v) is 5.94. The second kappa shape index (κ2) is 8.60. The van der Waals surface area contributed by atoms with Gasteiger partial charge in [0, 0.05) is 18.7 Å². The minimum Gasteiger partial charge on any atom is -0.339 e. The number of hydrogen-bond acceptors (Lipinski definition) is 3. The zero-order chi connectivity index (χ0) is 23.1. The number of rotatable bonds is 3. The van der Waals surface area contributed by atoms with E-state index in [4.69, 9.17) is 0 Å². The van der Waals surface area contributed by atoms with Crippen LogP contribution in [-0.2, 0) is 17.3 Å². The summed E-state index contributed by atoms with van der Waals surface area (Å²) in [6, 6.07) is 18.5. The number of carbonyl (C=O) groups is 2. The van der Waals surface area contributed by atoms with E-state index in [1.807, 2.05) is 30.9 Å². The van der Waals surface area contributed by atoms with Crippen LogP contribution in [0.1, 0.15) is 50.2 Å². The smallest absolute Gasteiger partial charge is 0.259 e. The molecule has 0 aliphatic carbocycles.